The first-order valence-electron chi connectivity index (χ1n) is 8.16. The van der Waals surface area contributed by atoms with Crippen LogP contribution in [-0.2, 0) is 6.61 Å². The largest absolute Gasteiger partial charge is 0.497 e. The molecular formula is C20H21NO4. The van der Waals surface area contributed by atoms with Crippen LogP contribution < -0.4 is 19.8 Å². The first-order chi connectivity index (χ1) is 12.1. The van der Waals surface area contributed by atoms with Gasteiger partial charge in [-0.3, -0.25) is 4.79 Å². The van der Waals surface area contributed by atoms with E-state index in [1.54, 1.807) is 13.2 Å². The van der Waals surface area contributed by atoms with Gasteiger partial charge in [-0.1, -0.05) is 30.3 Å². The molecule has 0 aliphatic carbocycles. The standard InChI is InChI=1S/C20H21NO4/c1-13(2)25-18-16-10-9-15(23-3)11-17(16)21-20(22)19(18)24-12-14-7-5-4-6-8-14/h4-11,13H,12H2,1-3H3,(H,21,22). The number of fused-ring (bicyclic) bond motifs is 1. The fourth-order valence-corrected chi connectivity index (χ4v) is 2.57. The number of pyridine rings is 1. The van der Waals surface area contributed by atoms with Crippen LogP contribution in [-0.4, -0.2) is 18.2 Å². The number of rotatable bonds is 6. The average molecular weight is 339 g/mol. The maximum atomic E-state index is 12.6. The van der Waals surface area contributed by atoms with E-state index in [2.05, 4.69) is 4.98 Å². The highest BCUT2D eigenvalue weighted by Gasteiger charge is 2.17. The Morgan fingerprint density at radius 1 is 1.04 bits per heavy atom. The Balaban J connectivity index is 2.06. The van der Waals surface area contributed by atoms with Crippen LogP contribution in [0.25, 0.3) is 10.9 Å². The molecule has 0 aliphatic rings. The molecule has 0 bridgehead atoms. The maximum Gasteiger partial charge on any atom is 0.294 e. The predicted octanol–water partition coefficient (Wildman–Crippen LogP) is 3.90. The number of hydrogen-bond acceptors (Lipinski definition) is 4. The van der Waals surface area contributed by atoms with Crippen molar-refractivity contribution >= 4 is 10.9 Å². The van der Waals surface area contributed by atoms with Crippen molar-refractivity contribution < 1.29 is 14.2 Å². The van der Waals surface area contributed by atoms with Crippen molar-refractivity contribution in [2.24, 2.45) is 0 Å². The first-order valence-corrected chi connectivity index (χ1v) is 8.16. The molecule has 0 atom stereocenters. The van der Waals surface area contributed by atoms with Gasteiger partial charge in [0, 0.05) is 11.5 Å². The summed E-state index contributed by atoms with van der Waals surface area (Å²) in [6, 6.07) is 15.2. The molecule has 5 nitrogen and oxygen atoms in total. The highest BCUT2D eigenvalue weighted by atomic mass is 16.5. The highest BCUT2D eigenvalue weighted by molar-refractivity contribution is 5.88. The van der Waals surface area contributed by atoms with Crippen molar-refractivity contribution in [3.63, 3.8) is 0 Å². The number of aromatic amines is 1. The molecule has 0 spiro atoms. The van der Waals surface area contributed by atoms with Gasteiger partial charge in [0.05, 0.1) is 18.7 Å². The number of benzene rings is 2. The van der Waals surface area contributed by atoms with Crippen molar-refractivity contribution in [3.8, 4) is 17.2 Å². The van der Waals surface area contributed by atoms with E-state index in [9.17, 15) is 4.79 Å². The van der Waals surface area contributed by atoms with Crippen molar-refractivity contribution in [1.82, 2.24) is 4.98 Å². The molecule has 25 heavy (non-hydrogen) atoms. The molecule has 5 heteroatoms. The topological polar surface area (TPSA) is 60.6 Å². The summed E-state index contributed by atoms with van der Waals surface area (Å²) in [6.45, 7) is 4.12. The van der Waals surface area contributed by atoms with Crippen LogP contribution in [0.1, 0.15) is 19.4 Å². The fourth-order valence-electron chi connectivity index (χ4n) is 2.57. The summed E-state index contributed by atoms with van der Waals surface area (Å²) in [5, 5.41) is 0.775. The maximum absolute atomic E-state index is 12.6. The molecule has 3 aromatic rings. The Morgan fingerprint density at radius 2 is 1.80 bits per heavy atom. The third kappa shape index (κ3) is 3.76. The van der Waals surface area contributed by atoms with Crippen LogP contribution in [0.2, 0.25) is 0 Å². The van der Waals surface area contributed by atoms with Gasteiger partial charge in [-0.05, 0) is 31.5 Å². The Kier molecular flexibility index (Phi) is 4.93. The summed E-state index contributed by atoms with van der Waals surface area (Å²) >= 11 is 0. The Morgan fingerprint density at radius 3 is 2.48 bits per heavy atom. The molecule has 3 rings (SSSR count). The molecule has 0 unspecified atom stereocenters. The molecule has 1 heterocycles. The van der Waals surface area contributed by atoms with Crippen LogP contribution in [0.5, 0.6) is 17.2 Å². The number of aromatic nitrogens is 1. The zero-order chi connectivity index (χ0) is 17.8. The van der Waals surface area contributed by atoms with E-state index >= 15 is 0 Å². The van der Waals surface area contributed by atoms with Gasteiger partial charge >= 0.3 is 0 Å². The number of hydrogen-bond donors (Lipinski definition) is 1. The van der Waals surface area contributed by atoms with Crippen LogP contribution in [0.4, 0.5) is 0 Å². The molecule has 0 saturated carbocycles. The van der Waals surface area contributed by atoms with Gasteiger partial charge in [-0.2, -0.15) is 0 Å². The number of methoxy groups -OCH3 is 1. The molecule has 2 aromatic carbocycles. The third-order valence-corrected chi connectivity index (χ3v) is 3.71. The zero-order valence-corrected chi connectivity index (χ0v) is 14.5. The van der Waals surface area contributed by atoms with Crippen molar-refractivity contribution in [2.75, 3.05) is 7.11 Å². The third-order valence-electron chi connectivity index (χ3n) is 3.71. The lowest BCUT2D eigenvalue weighted by Gasteiger charge is -2.17. The van der Waals surface area contributed by atoms with E-state index in [0.29, 0.717) is 23.6 Å². The van der Waals surface area contributed by atoms with Crippen LogP contribution >= 0.6 is 0 Å². The number of H-pyrrole nitrogens is 1. The summed E-state index contributed by atoms with van der Waals surface area (Å²) in [4.78, 5) is 15.4. The summed E-state index contributed by atoms with van der Waals surface area (Å²) in [5.74, 6) is 1.30. The minimum Gasteiger partial charge on any atom is -0.497 e. The Hall–Kier alpha value is -2.95. The van der Waals surface area contributed by atoms with Gasteiger partial charge in [0.2, 0.25) is 5.75 Å². The normalized spacial score (nSPS) is 10.9. The van der Waals surface area contributed by atoms with Gasteiger partial charge in [0.15, 0.2) is 5.75 Å². The Labute approximate surface area is 146 Å². The predicted molar refractivity (Wildman–Crippen MR) is 97.7 cm³/mol. The molecule has 0 fully saturated rings. The van der Waals surface area contributed by atoms with Gasteiger partial charge < -0.3 is 19.2 Å². The van der Waals surface area contributed by atoms with Crippen molar-refractivity contribution in [3.05, 3.63) is 64.4 Å². The quantitative estimate of drug-likeness (QED) is 0.740. The van der Waals surface area contributed by atoms with Crippen molar-refractivity contribution in [2.45, 2.75) is 26.6 Å². The number of nitrogens with one attached hydrogen (secondary N) is 1. The Bertz CT molecular complexity index is 916. The second kappa shape index (κ2) is 7.30. The molecule has 1 N–H and O–H groups in total. The summed E-state index contributed by atoms with van der Waals surface area (Å²) in [5.41, 5.74) is 1.30. The minimum absolute atomic E-state index is 0.0915. The average Bonchev–Trinajstić information content (AvgIpc) is 2.61. The lowest BCUT2D eigenvalue weighted by molar-refractivity contribution is 0.219. The van der Waals surface area contributed by atoms with E-state index in [1.165, 1.54) is 0 Å². The summed E-state index contributed by atoms with van der Waals surface area (Å²) in [6.07, 6.45) is -0.0915. The van der Waals surface area contributed by atoms with Gasteiger partial charge in [-0.15, -0.1) is 0 Å². The molecule has 0 aliphatic heterocycles. The van der Waals surface area contributed by atoms with E-state index in [4.69, 9.17) is 14.2 Å². The minimum atomic E-state index is -0.327. The van der Waals surface area contributed by atoms with Crippen LogP contribution in [0, 0.1) is 0 Å². The second-order valence-corrected chi connectivity index (χ2v) is 5.96. The monoisotopic (exact) mass is 339 g/mol. The van der Waals surface area contributed by atoms with Gasteiger partial charge in [-0.25, -0.2) is 0 Å². The van der Waals surface area contributed by atoms with E-state index in [0.717, 1.165) is 10.9 Å². The van der Waals surface area contributed by atoms with E-state index in [1.807, 2.05) is 56.3 Å². The summed E-state index contributed by atoms with van der Waals surface area (Å²) < 4.78 is 17.0. The van der Waals surface area contributed by atoms with Crippen molar-refractivity contribution in [1.29, 1.82) is 0 Å². The van der Waals surface area contributed by atoms with Crippen LogP contribution in [0.15, 0.2) is 53.3 Å². The second-order valence-electron chi connectivity index (χ2n) is 5.96. The first kappa shape index (κ1) is 16.9. The van der Waals surface area contributed by atoms with E-state index in [-0.39, 0.29) is 17.4 Å². The fraction of sp³-hybridized carbons (Fsp3) is 0.250. The number of ether oxygens (including phenoxy) is 3. The van der Waals surface area contributed by atoms with E-state index < -0.39 is 0 Å². The molecule has 1 aromatic heterocycles. The zero-order valence-electron chi connectivity index (χ0n) is 14.5. The molecule has 0 radical (unpaired) electrons. The van der Waals surface area contributed by atoms with Crippen LogP contribution in [0.3, 0.4) is 0 Å². The lowest BCUT2D eigenvalue weighted by Crippen LogP contribution is -2.16. The molecule has 0 saturated heterocycles. The smallest absolute Gasteiger partial charge is 0.294 e. The molecule has 130 valence electrons. The molecular weight excluding hydrogens is 318 g/mol. The highest BCUT2D eigenvalue weighted by Crippen LogP contribution is 2.34. The molecule has 0 amide bonds. The summed E-state index contributed by atoms with van der Waals surface area (Å²) in [7, 11) is 1.59. The van der Waals surface area contributed by atoms with Gasteiger partial charge in [0.25, 0.3) is 5.56 Å². The SMILES string of the molecule is COc1ccc2c(OC(C)C)c(OCc3ccccc3)c(=O)[nH]c2c1. The lowest BCUT2D eigenvalue weighted by atomic mass is 10.2. The van der Waals surface area contributed by atoms with Gasteiger partial charge in [0.1, 0.15) is 12.4 Å².